The number of nitrogens with zero attached hydrogens (tertiary/aromatic N) is 2. The number of aryl methyl sites for hydroxylation is 1. The van der Waals surface area contributed by atoms with E-state index >= 15 is 0 Å². The minimum Gasteiger partial charge on any atom is -0.373 e. The molecule has 0 aliphatic carbocycles. The van der Waals surface area contributed by atoms with Gasteiger partial charge in [-0.05, 0) is 25.3 Å². The van der Waals surface area contributed by atoms with E-state index in [1.807, 2.05) is 6.92 Å². The van der Waals surface area contributed by atoms with Crippen LogP contribution in [0.15, 0.2) is 6.07 Å². The molecule has 1 N–H and O–H groups in total. The van der Waals surface area contributed by atoms with Crippen LogP contribution in [-0.4, -0.2) is 41.4 Å². The fourth-order valence-electron chi connectivity index (χ4n) is 4.19. The Morgan fingerprint density at radius 3 is 2.58 bits per heavy atom. The molecule has 2 bridgehead atoms. The Kier molecular flexibility index (Phi) is 4.29. The van der Waals surface area contributed by atoms with Gasteiger partial charge in [0.05, 0.1) is 29.6 Å². The number of carbonyl (C=O) groups excluding carboxylic acids is 3. The van der Waals surface area contributed by atoms with Crippen LogP contribution >= 0.6 is 11.3 Å². The number of rotatable bonds is 5. The number of likely N-dealkylation sites (tertiary alicyclic amines) is 1. The molecule has 3 saturated heterocycles. The van der Waals surface area contributed by atoms with E-state index in [2.05, 4.69) is 11.4 Å². The van der Waals surface area contributed by atoms with Crippen molar-refractivity contribution in [3.63, 3.8) is 0 Å². The van der Waals surface area contributed by atoms with Gasteiger partial charge in [-0.2, -0.15) is 5.26 Å². The molecule has 3 aliphatic heterocycles. The number of imide groups is 1. The number of ether oxygens (including phenoxy) is 1. The molecule has 3 fully saturated rings. The summed E-state index contributed by atoms with van der Waals surface area (Å²) in [5, 5.41) is 12.4. The molecule has 0 aromatic carbocycles. The van der Waals surface area contributed by atoms with Gasteiger partial charge in [0.25, 0.3) is 0 Å². The smallest absolute Gasteiger partial charge is 0.235 e. The lowest BCUT2D eigenvalue weighted by molar-refractivity contribution is -0.142. The van der Waals surface area contributed by atoms with Gasteiger partial charge in [-0.15, -0.1) is 11.3 Å². The number of nitriles is 1. The summed E-state index contributed by atoms with van der Waals surface area (Å²) in [4.78, 5) is 39.6. The Bertz CT molecular complexity index is 799. The van der Waals surface area contributed by atoms with Crippen LogP contribution in [0.1, 0.15) is 36.6 Å². The highest BCUT2D eigenvalue weighted by molar-refractivity contribution is 7.16. The van der Waals surface area contributed by atoms with E-state index < -0.39 is 0 Å². The van der Waals surface area contributed by atoms with E-state index in [-0.39, 0.29) is 54.7 Å². The molecule has 4 unspecified atom stereocenters. The van der Waals surface area contributed by atoms with Gasteiger partial charge in [-0.1, -0.05) is 6.92 Å². The van der Waals surface area contributed by atoms with Gasteiger partial charge >= 0.3 is 0 Å². The lowest BCUT2D eigenvalue weighted by Gasteiger charge is -2.17. The summed E-state index contributed by atoms with van der Waals surface area (Å²) in [5.41, 5.74) is 0.441. The highest BCUT2D eigenvalue weighted by Crippen LogP contribution is 2.48. The molecule has 136 valence electrons. The standard InChI is InChI=1S/C18H19N3O4S/c1-2-10-7-9(8-19)16(26-10)20-13(22)5-6-21-17(23)14-11-3-4-12(25-11)15(14)18(21)24/h7,11-12,14-15H,2-6H2,1H3,(H,20,22). The second kappa shape index (κ2) is 6.49. The summed E-state index contributed by atoms with van der Waals surface area (Å²) in [6.45, 7) is 2.06. The molecule has 4 rings (SSSR count). The van der Waals surface area contributed by atoms with Crippen molar-refractivity contribution >= 4 is 34.1 Å². The van der Waals surface area contributed by atoms with Gasteiger partial charge < -0.3 is 10.1 Å². The minimum atomic E-state index is -0.362. The van der Waals surface area contributed by atoms with Gasteiger partial charge in [-0.25, -0.2) is 0 Å². The third-order valence-electron chi connectivity index (χ3n) is 5.44. The van der Waals surface area contributed by atoms with Gasteiger partial charge in [0.1, 0.15) is 11.1 Å². The first-order valence-electron chi connectivity index (χ1n) is 8.86. The predicted molar refractivity (Wildman–Crippen MR) is 93.3 cm³/mol. The number of nitrogens with one attached hydrogen (secondary N) is 1. The van der Waals surface area contributed by atoms with Crippen LogP contribution in [0.25, 0.3) is 0 Å². The SMILES string of the molecule is CCc1cc(C#N)c(NC(=O)CCN2C(=O)C3C4CCC(O4)C3C2=O)s1. The Morgan fingerprint density at radius 1 is 1.35 bits per heavy atom. The summed E-state index contributed by atoms with van der Waals surface area (Å²) in [5.74, 6) is -1.44. The van der Waals surface area contributed by atoms with Crippen molar-refractivity contribution in [2.24, 2.45) is 11.8 Å². The summed E-state index contributed by atoms with van der Waals surface area (Å²) in [6, 6.07) is 3.84. The highest BCUT2D eigenvalue weighted by Gasteiger charge is 2.62. The van der Waals surface area contributed by atoms with E-state index in [4.69, 9.17) is 10.00 Å². The van der Waals surface area contributed by atoms with Crippen molar-refractivity contribution in [1.29, 1.82) is 5.26 Å². The van der Waals surface area contributed by atoms with Crippen LogP contribution < -0.4 is 5.32 Å². The van der Waals surface area contributed by atoms with Crippen molar-refractivity contribution in [2.75, 3.05) is 11.9 Å². The Balaban J connectivity index is 1.38. The molecule has 4 atom stereocenters. The van der Waals surface area contributed by atoms with E-state index in [1.165, 1.54) is 16.2 Å². The van der Waals surface area contributed by atoms with Crippen LogP contribution in [-0.2, 0) is 25.5 Å². The third-order valence-corrected chi connectivity index (χ3v) is 6.64. The van der Waals surface area contributed by atoms with Crippen LogP contribution in [0.3, 0.4) is 0 Å². The van der Waals surface area contributed by atoms with Crippen LogP contribution in [0, 0.1) is 23.2 Å². The summed E-state index contributed by atoms with van der Waals surface area (Å²) < 4.78 is 5.69. The molecule has 8 heteroatoms. The fourth-order valence-corrected chi connectivity index (χ4v) is 5.15. The van der Waals surface area contributed by atoms with Crippen molar-refractivity contribution in [3.05, 3.63) is 16.5 Å². The van der Waals surface area contributed by atoms with Crippen LogP contribution in [0.4, 0.5) is 5.00 Å². The van der Waals surface area contributed by atoms with Crippen LogP contribution in [0.2, 0.25) is 0 Å². The average Bonchev–Trinajstić information content (AvgIpc) is 3.38. The lowest BCUT2D eigenvalue weighted by atomic mass is 9.81. The molecule has 0 spiro atoms. The van der Waals surface area contributed by atoms with Crippen LogP contribution in [0.5, 0.6) is 0 Å². The second-order valence-electron chi connectivity index (χ2n) is 6.89. The number of hydrogen-bond donors (Lipinski definition) is 1. The molecular formula is C18H19N3O4S. The van der Waals surface area contributed by atoms with Gasteiger partial charge in [0.15, 0.2) is 0 Å². The van der Waals surface area contributed by atoms with Crippen molar-refractivity contribution in [2.45, 2.75) is 44.8 Å². The quantitative estimate of drug-likeness (QED) is 0.792. The monoisotopic (exact) mass is 373 g/mol. The summed E-state index contributed by atoms with van der Waals surface area (Å²) in [7, 11) is 0. The van der Waals surface area contributed by atoms with E-state index in [1.54, 1.807) is 6.07 Å². The first kappa shape index (κ1) is 17.2. The molecule has 7 nitrogen and oxygen atoms in total. The Morgan fingerprint density at radius 2 is 2.00 bits per heavy atom. The Hall–Kier alpha value is -2.24. The average molecular weight is 373 g/mol. The molecule has 3 aliphatic rings. The number of carbonyl (C=O) groups is 3. The third kappa shape index (κ3) is 2.63. The number of hydrogen-bond acceptors (Lipinski definition) is 6. The summed E-state index contributed by atoms with van der Waals surface area (Å²) >= 11 is 1.38. The first-order chi connectivity index (χ1) is 12.5. The fraction of sp³-hybridized carbons (Fsp3) is 0.556. The molecule has 3 amide bonds. The van der Waals surface area contributed by atoms with E-state index in [0.29, 0.717) is 10.6 Å². The van der Waals surface area contributed by atoms with Crippen molar-refractivity contribution in [1.82, 2.24) is 4.90 Å². The predicted octanol–water partition coefficient (Wildman–Crippen LogP) is 1.67. The van der Waals surface area contributed by atoms with Crippen molar-refractivity contribution in [3.8, 4) is 6.07 Å². The molecule has 0 radical (unpaired) electrons. The zero-order valence-electron chi connectivity index (χ0n) is 14.4. The van der Waals surface area contributed by atoms with Gasteiger partial charge in [0.2, 0.25) is 17.7 Å². The molecule has 26 heavy (non-hydrogen) atoms. The first-order valence-corrected chi connectivity index (χ1v) is 9.68. The van der Waals surface area contributed by atoms with Gasteiger partial charge in [-0.3, -0.25) is 19.3 Å². The minimum absolute atomic E-state index is 0.0251. The molecule has 1 aromatic heterocycles. The molecule has 0 saturated carbocycles. The van der Waals surface area contributed by atoms with Crippen molar-refractivity contribution < 1.29 is 19.1 Å². The maximum absolute atomic E-state index is 12.6. The molecule has 1 aromatic rings. The highest BCUT2D eigenvalue weighted by atomic mass is 32.1. The Labute approximate surface area is 154 Å². The van der Waals surface area contributed by atoms with E-state index in [0.717, 1.165) is 24.1 Å². The lowest BCUT2D eigenvalue weighted by Crippen LogP contribution is -2.36. The normalized spacial score (nSPS) is 29.2. The zero-order valence-corrected chi connectivity index (χ0v) is 15.2. The maximum Gasteiger partial charge on any atom is 0.235 e. The maximum atomic E-state index is 12.6. The van der Waals surface area contributed by atoms with Gasteiger partial charge in [0, 0.05) is 17.8 Å². The number of fused-ring (bicyclic) bond motifs is 5. The molecular weight excluding hydrogens is 354 g/mol. The summed E-state index contributed by atoms with van der Waals surface area (Å²) in [6.07, 6.45) is 2.19. The topological polar surface area (TPSA) is 99.5 Å². The van der Waals surface area contributed by atoms with E-state index in [9.17, 15) is 14.4 Å². The molecule has 4 heterocycles. The second-order valence-corrected chi connectivity index (χ2v) is 8.03. The number of thiophene rings is 1. The number of anilines is 1. The number of amides is 3. The zero-order chi connectivity index (χ0) is 18.4. The largest absolute Gasteiger partial charge is 0.373 e.